The fourth-order valence-electron chi connectivity index (χ4n) is 5.05. The Labute approximate surface area is 167 Å². The molecular weight excluding hydrogens is 358 g/mol. The summed E-state index contributed by atoms with van der Waals surface area (Å²) in [5, 5.41) is 0. The molecule has 6 heteroatoms. The summed E-state index contributed by atoms with van der Waals surface area (Å²) in [6, 6.07) is 3.98. The average molecular weight is 392 g/mol. The quantitative estimate of drug-likeness (QED) is 0.521. The molecule has 1 heterocycles. The maximum absolute atomic E-state index is 12.3. The van der Waals surface area contributed by atoms with E-state index >= 15 is 0 Å². The van der Waals surface area contributed by atoms with Crippen molar-refractivity contribution in [1.29, 1.82) is 0 Å². The van der Waals surface area contributed by atoms with Crippen LogP contribution in [0.5, 0.6) is 5.88 Å². The van der Waals surface area contributed by atoms with E-state index in [0.717, 1.165) is 36.9 Å². The zero-order valence-electron chi connectivity index (χ0n) is 17.5. The third-order valence-electron chi connectivity index (χ3n) is 6.19. The SMILES string of the molecule is CCOC(=O)C[C@H]1C[C@H]2C(OCOC)C[C@H](C)C[C@H]2Cc2nc(OC)ccc21. The molecule has 28 heavy (non-hydrogen) atoms. The number of pyridine rings is 1. The lowest BCUT2D eigenvalue weighted by Gasteiger charge is -2.40. The highest BCUT2D eigenvalue weighted by Gasteiger charge is 2.42. The van der Waals surface area contributed by atoms with Crippen molar-refractivity contribution in [2.24, 2.45) is 17.8 Å². The summed E-state index contributed by atoms with van der Waals surface area (Å²) in [4.78, 5) is 17.1. The highest BCUT2D eigenvalue weighted by molar-refractivity contribution is 5.70. The molecule has 0 amide bonds. The lowest BCUT2D eigenvalue weighted by atomic mass is 9.69. The minimum Gasteiger partial charge on any atom is -0.481 e. The normalized spacial score (nSPS) is 29.4. The topological polar surface area (TPSA) is 66.9 Å². The number of carbonyl (C=O) groups is 1. The largest absolute Gasteiger partial charge is 0.481 e. The van der Waals surface area contributed by atoms with Gasteiger partial charge in [0.1, 0.15) is 6.79 Å². The molecule has 1 saturated carbocycles. The Bertz CT molecular complexity index is 664. The molecule has 1 aromatic rings. The van der Waals surface area contributed by atoms with Crippen LogP contribution in [0.4, 0.5) is 0 Å². The molecule has 0 aromatic carbocycles. The second-order valence-electron chi connectivity index (χ2n) is 8.15. The zero-order chi connectivity index (χ0) is 20.1. The monoisotopic (exact) mass is 391 g/mol. The molecule has 156 valence electrons. The molecule has 0 radical (unpaired) electrons. The number of ether oxygens (including phenoxy) is 4. The van der Waals surface area contributed by atoms with Crippen LogP contribution in [0.3, 0.4) is 0 Å². The van der Waals surface area contributed by atoms with Crippen LogP contribution >= 0.6 is 0 Å². The first-order valence-electron chi connectivity index (χ1n) is 10.4. The molecule has 2 aliphatic carbocycles. The standard InChI is InChI=1S/C22H33NO5/c1-5-27-22(24)12-16-10-18-15(8-14(2)9-20(18)28-13-25-3)11-19-17(16)6-7-21(23-19)26-4/h6-7,14-16,18,20H,5,8-13H2,1-4H3/t14-,15+,16-,18-,20?/m1/s1. The van der Waals surface area contributed by atoms with Crippen LogP contribution in [0.2, 0.25) is 0 Å². The number of hydrogen-bond donors (Lipinski definition) is 0. The van der Waals surface area contributed by atoms with E-state index in [1.807, 2.05) is 13.0 Å². The van der Waals surface area contributed by atoms with E-state index in [-0.39, 0.29) is 18.0 Å². The van der Waals surface area contributed by atoms with E-state index < -0.39 is 0 Å². The molecule has 1 unspecified atom stereocenters. The molecule has 1 aromatic heterocycles. The maximum Gasteiger partial charge on any atom is 0.306 e. The smallest absolute Gasteiger partial charge is 0.306 e. The molecule has 0 aliphatic heterocycles. The second-order valence-corrected chi connectivity index (χ2v) is 8.15. The van der Waals surface area contributed by atoms with Crippen molar-refractivity contribution in [3.05, 3.63) is 23.4 Å². The Balaban J connectivity index is 1.92. The average Bonchev–Trinajstić information content (AvgIpc) is 2.82. The van der Waals surface area contributed by atoms with Gasteiger partial charge in [-0.1, -0.05) is 13.0 Å². The summed E-state index contributed by atoms with van der Waals surface area (Å²) in [6.07, 6.45) is 4.52. The van der Waals surface area contributed by atoms with Gasteiger partial charge in [0, 0.05) is 18.9 Å². The summed E-state index contributed by atoms with van der Waals surface area (Å²) >= 11 is 0. The number of fused-ring (bicyclic) bond motifs is 2. The molecule has 2 aliphatic rings. The van der Waals surface area contributed by atoms with Crippen molar-refractivity contribution >= 4 is 5.97 Å². The zero-order valence-corrected chi connectivity index (χ0v) is 17.5. The third-order valence-corrected chi connectivity index (χ3v) is 6.19. The first kappa shape index (κ1) is 21.1. The van der Waals surface area contributed by atoms with Crippen LogP contribution in [0, 0.1) is 17.8 Å². The van der Waals surface area contributed by atoms with Gasteiger partial charge >= 0.3 is 5.97 Å². The molecule has 0 spiro atoms. The lowest BCUT2D eigenvalue weighted by Crippen LogP contribution is -2.39. The fourth-order valence-corrected chi connectivity index (χ4v) is 5.05. The van der Waals surface area contributed by atoms with Crippen LogP contribution in [0.25, 0.3) is 0 Å². The van der Waals surface area contributed by atoms with Gasteiger partial charge in [-0.3, -0.25) is 4.79 Å². The van der Waals surface area contributed by atoms with Crippen LogP contribution in [0.15, 0.2) is 12.1 Å². The first-order chi connectivity index (χ1) is 13.5. The van der Waals surface area contributed by atoms with Crippen LogP contribution < -0.4 is 4.74 Å². The number of carbonyl (C=O) groups excluding carboxylic acids is 1. The highest BCUT2D eigenvalue weighted by atomic mass is 16.7. The molecular formula is C22H33NO5. The Kier molecular flexibility index (Phi) is 7.30. The fraction of sp³-hybridized carbons (Fsp3) is 0.727. The van der Waals surface area contributed by atoms with Gasteiger partial charge in [-0.05, 0) is 61.8 Å². The predicted molar refractivity (Wildman–Crippen MR) is 105 cm³/mol. The van der Waals surface area contributed by atoms with Gasteiger partial charge in [0.25, 0.3) is 0 Å². The van der Waals surface area contributed by atoms with Gasteiger partial charge in [-0.15, -0.1) is 0 Å². The van der Waals surface area contributed by atoms with Crippen molar-refractivity contribution in [3.63, 3.8) is 0 Å². The van der Waals surface area contributed by atoms with E-state index in [1.165, 1.54) is 0 Å². The number of rotatable bonds is 7. The summed E-state index contributed by atoms with van der Waals surface area (Å²) in [5.74, 6) is 2.03. The summed E-state index contributed by atoms with van der Waals surface area (Å²) in [5.41, 5.74) is 2.21. The maximum atomic E-state index is 12.3. The predicted octanol–water partition coefficient (Wildman–Crippen LogP) is 3.72. The van der Waals surface area contributed by atoms with Crippen LogP contribution in [0.1, 0.15) is 56.7 Å². The van der Waals surface area contributed by atoms with Crippen LogP contribution in [-0.4, -0.2) is 44.7 Å². The second kappa shape index (κ2) is 9.70. The van der Waals surface area contributed by atoms with Crippen LogP contribution in [-0.2, 0) is 25.4 Å². The molecule has 5 atom stereocenters. The number of esters is 1. The minimum atomic E-state index is -0.147. The van der Waals surface area contributed by atoms with Crippen molar-refractivity contribution in [1.82, 2.24) is 4.98 Å². The van der Waals surface area contributed by atoms with E-state index in [2.05, 4.69) is 13.0 Å². The van der Waals surface area contributed by atoms with Crippen molar-refractivity contribution in [2.75, 3.05) is 27.6 Å². The van der Waals surface area contributed by atoms with Crippen molar-refractivity contribution in [3.8, 4) is 5.88 Å². The van der Waals surface area contributed by atoms with Gasteiger partial charge in [-0.2, -0.15) is 0 Å². The van der Waals surface area contributed by atoms with Crippen molar-refractivity contribution < 1.29 is 23.7 Å². The number of methoxy groups -OCH3 is 2. The molecule has 6 nitrogen and oxygen atoms in total. The van der Waals surface area contributed by atoms with Crippen molar-refractivity contribution in [2.45, 2.75) is 58.0 Å². The first-order valence-corrected chi connectivity index (χ1v) is 10.4. The van der Waals surface area contributed by atoms with Gasteiger partial charge in [0.2, 0.25) is 5.88 Å². The molecule has 3 rings (SSSR count). The van der Waals surface area contributed by atoms with E-state index in [4.69, 9.17) is 23.9 Å². The number of hydrogen-bond acceptors (Lipinski definition) is 6. The summed E-state index contributed by atoms with van der Waals surface area (Å²) < 4.78 is 21.9. The molecule has 0 saturated heterocycles. The Morgan fingerprint density at radius 3 is 2.75 bits per heavy atom. The Hall–Kier alpha value is -1.66. The number of nitrogens with zero attached hydrogens (tertiary/aromatic N) is 1. The molecule has 1 fully saturated rings. The summed E-state index contributed by atoms with van der Waals surface area (Å²) in [6.45, 7) is 4.85. The van der Waals surface area contributed by atoms with E-state index in [1.54, 1.807) is 14.2 Å². The number of aromatic nitrogens is 1. The lowest BCUT2D eigenvalue weighted by molar-refractivity contribution is -0.144. The Morgan fingerprint density at radius 2 is 2.04 bits per heavy atom. The highest BCUT2D eigenvalue weighted by Crippen LogP contribution is 2.46. The minimum absolute atomic E-state index is 0.0875. The van der Waals surface area contributed by atoms with Gasteiger partial charge in [-0.25, -0.2) is 4.98 Å². The molecule has 0 N–H and O–H groups in total. The van der Waals surface area contributed by atoms with Gasteiger partial charge < -0.3 is 18.9 Å². The summed E-state index contributed by atoms with van der Waals surface area (Å²) in [7, 11) is 3.30. The van der Waals surface area contributed by atoms with Gasteiger partial charge in [0.15, 0.2) is 0 Å². The van der Waals surface area contributed by atoms with Gasteiger partial charge in [0.05, 0.1) is 26.2 Å². The van der Waals surface area contributed by atoms with E-state index in [9.17, 15) is 4.79 Å². The molecule has 0 bridgehead atoms. The Morgan fingerprint density at radius 1 is 1.21 bits per heavy atom. The van der Waals surface area contributed by atoms with E-state index in [0.29, 0.717) is 43.5 Å². The third kappa shape index (κ3) is 4.84.